The molecule has 1 aromatic carbocycles. The predicted molar refractivity (Wildman–Crippen MR) is 109 cm³/mol. The number of phenols is 1. The number of phenolic OH excluding ortho intramolecular Hbond substituents is 1. The molecule has 0 saturated heterocycles. The third-order valence-corrected chi connectivity index (χ3v) is 5.27. The zero-order valence-electron chi connectivity index (χ0n) is 17.1. The Bertz CT molecular complexity index is 789. The van der Waals surface area contributed by atoms with Gasteiger partial charge in [0.05, 0.1) is 11.4 Å². The number of aromatic nitrogens is 2. The molecule has 0 atom stereocenters. The summed E-state index contributed by atoms with van der Waals surface area (Å²) in [5.41, 5.74) is 3.15. The van der Waals surface area contributed by atoms with Crippen LogP contribution in [0, 0.1) is 13.8 Å². The molecule has 4 nitrogen and oxygen atoms in total. The van der Waals surface area contributed by atoms with E-state index in [4.69, 9.17) is 0 Å². The second-order valence-electron chi connectivity index (χ2n) is 8.89. The lowest BCUT2D eigenvalue weighted by Crippen LogP contribution is -2.18. The van der Waals surface area contributed by atoms with Crippen LogP contribution in [0.3, 0.4) is 0 Å². The molecule has 0 fully saturated rings. The number of carbonyl (C=O) groups is 1. The van der Waals surface area contributed by atoms with Crippen molar-refractivity contribution in [3.05, 3.63) is 40.7 Å². The van der Waals surface area contributed by atoms with Crippen molar-refractivity contribution in [1.82, 2.24) is 9.78 Å². The maximum atomic E-state index is 12.5. The van der Waals surface area contributed by atoms with Gasteiger partial charge in [-0.15, -0.1) is 11.8 Å². The molecule has 0 aliphatic heterocycles. The Kier molecular flexibility index (Phi) is 5.62. The third kappa shape index (κ3) is 4.50. The van der Waals surface area contributed by atoms with Crippen molar-refractivity contribution in [2.24, 2.45) is 0 Å². The highest BCUT2D eigenvalue weighted by molar-refractivity contribution is 8.00. The zero-order valence-corrected chi connectivity index (χ0v) is 17.9. The second-order valence-corrected chi connectivity index (χ2v) is 9.94. The average Bonchev–Trinajstić information content (AvgIpc) is 2.82. The second kappa shape index (κ2) is 7.10. The van der Waals surface area contributed by atoms with Crippen LogP contribution in [0.25, 0.3) is 0 Å². The Labute approximate surface area is 161 Å². The quantitative estimate of drug-likeness (QED) is 0.747. The fourth-order valence-electron chi connectivity index (χ4n) is 2.92. The van der Waals surface area contributed by atoms with E-state index in [1.54, 1.807) is 0 Å². The summed E-state index contributed by atoms with van der Waals surface area (Å²) in [5, 5.41) is 15.1. The molecule has 5 heteroatoms. The maximum absolute atomic E-state index is 12.5. The molecule has 0 radical (unpaired) electrons. The summed E-state index contributed by atoms with van der Waals surface area (Å²) in [6.45, 7) is 16.3. The number of carbonyl (C=O) groups excluding carboxylic acids is 1. The summed E-state index contributed by atoms with van der Waals surface area (Å²) < 4.78 is 1.47. The molecule has 0 spiro atoms. The van der Waals surface area contributed by atoms with E-state index in [1.165, 1.54) is 16.4 Å². The summed E-state index contributed by atoms with van der Waals surface area (Å²) >= 11 is 1.49. The van der Waals surface area contributed by atoms with Gasteiger partial charge in [-0.3, -0.25) is 4.79 Å². The summed E-state index contributed by atoms with van der Waals surface area (Å²) in [5.74, 6) is 0.627. The van der Waals surface area contributed by atoms with Crippen LogP contribution in [-0.2, 0) is 10.8 Å². The first kappa shape index (κ1) is 20.6. The van der Waals surface area contributed by atoms with E-state index in [9.17, 15) is 9.90 Å². The average molecular weight is 375 g/mol. The van der Waals surface area contributed by atoms with Crippen molar-refractivity contribution >= 4 is 17.7 Å². The molecule has 0 saturated carbocycles. The number of nitrogens with zero attached hydrogens (tertiary/aromatic N) is 2. The normalized spacial score (nSPS) is 12.5. The third-order valence-electron chi connectivity index (χ3n) is 4.31. The number of thioether (sulfide) groups is 1. The molecular weight excluding hydrogens is 344 g/mol. The van der Waals surface area contributed by atoms with Crippen LogP contribution >= 0.6 is 11.8 Å². The Morgan fingerprint density at radius 3 is 1.92 bits per heavy atom. The van der Waals surface area contributed by atoms with Gasteiger partial charge in [0.1, 0.15) is 5.75 Å². The van der Waals surface area contributed by atoms with Crippen LogP contribution in [0.2, 0.25) is 0 Å². The van der Waals surface area contributed by atoms with Gasteiger partial charge in [0.2, 0.25) is 0 Å². The minimum absolute atomic E-state index is 0.0386. The highest BCUT2D eigenvalue weighted by atomic mass is 32.2. The van der Waals surface area contributed by atoms with Crippen LogP contribution in [0.5, 0.6) is 5.75 Å². The van der Waals surface area contributed by atoms with Crippen LogP contribution in [0.4, 0.5) is 0 Å². The fraction of sp³-hybridized carbons (Fsp3) is 0.524. The Balaban J connectivity index is 2.34. The molecule has 0 unspecified atom stereocenters. The van der Waals surface area contributed by atoms with Gasteiger partial charge < -0.3 is 5.11 Å². The molecule has 142 valence electrons. The Morgan fingerprint density at radius 1 is 1.04 bits per heavy atom. The van der Waals surface area contributed by atoms with Gasteiger partial charge >= 0.3 is 0 Å². The zero-order chi connectivity index (χ0) is 19.9. The topological polar surface area (TPSA) is 55.1 Å². The molecule has 0 amide bonds. The summed E-state index contributed by atoms with van der Waals surface area (Å²) in [6, 6.07) is 5.91. The number of hydrogen-bond acceptors (Lipinski definition) is 4. The number of hydrogen-bond donors (Lipinski definition) is 1. The summed E-state index contributed by atoms with van der Waals surface area (Å²) in [6.07, 6.45) is 0. The minimum atomic E-state index is -0.180. The van der Waals surface area contributed by atoms with Crippen molar-refractivity contribution < 1.29 is 9.90 Å². The summed E-state index contributed by atoms with van der Waals surface area (Å²) in [4.78, 5) is 13.5. The molecule has 0 aliphatic rings. The van der Waals surface area contributed by atoms with Gasteiger partial charge in [-0.05, 0) is 42.9 Å². The van der Waals surface area contributed by atoms with E-state index in [2.05, 4.69) is 46.6 Å². The monoisotopic (exact) mass is 374 g/mol. The van der Waals surface area contributed by atoms with Crippen molar-refractivity contribution in [2.45, 2.75) is 71.1 Å². The number of aromatic hydroxyl groups is 1. The fourth-order valence-corrected chi connectivity index (χ4v) is 3.74. The van der Waals surface area contributed by atoms with E-state index in [-0.39, 0.29) is 16.7 Å². The lowest BCUT2D eigenvalue weighted by molar-refractivity contribution is 0.0924. The molecule has 2 rings (SSSR count). The number of benzene rings is 1. The molecular formula is C21H30N2O2S. The predicted octanol–water partition coefficient (Wildman–Crippen LogP) is 5.23. The first-order valence-corrected chi connectivity index (χ1v) is 9.86. The van der Waals surface area contributed by atoms with E-state index in [1.807, 2.05) is 32.0 Å². The molecule has 0 bridgehead atoms. The molecule has 26 heavy (non-hydrogen) atoms. The molecule has 2 aromatic rings. The van der Waals surface area contributed by atoms with Gasteiger partial charge in [0, 0.05) is 21.7 Å². The Morgan fingerprint density at radius 2 is 1.54 bits per heavy atom. The lowest BCUT2D eigenvalue weighted by atomic mass is 9.79. The van der Waals surface area contributed by atoms with Gasteiger partial charge in [-0.2, -0.15) is 5.10 Å². The van der Waals surface area contributed by atoms with Crippen LogP contribution in [0.15, 0.2) is 23.1 Å². The standard InChI is InChI=1S/C21H30N2O2S/c1-13-9-14(2)23(22-13)18(24)12-26-15-10-16(20(3,4)5)19(25)17(11-15)21(6,7)8/h9-11,25H,12H2,1-8H3. The minimum Gasteiger partial charge on any atom is -0.507 e. The van der Waals surface area contributed by atoms with Crippen LogP contribution in [0.1, 0.15) is 68.9 Å². The van der Waals surface area contributed by atoms with Crippen LogP contribution < -0.4 is 0 Å². The molecule has 1 heterocycles. The summed E-state index contributed by atoms with van der Waals surface area (Å²) in [7, 11) is 0. The largest absolute Gasteiger partial charge is 0.507 e. The van der Waals surface area contributed by atoms with E-state index in [0.717, 1.165) is 27.4 Å². The first-order chi connectivity index (χ1) is 11.8. The highest BCUT2D eigenvalue weighted by Gasteiger charge is 2.26. The van der Waals surface area contributed by atoms with Gasteiger partial charge in [-0.25, -0.2) is 4.68 Å². The lowest BCUT2D eigenvalue weighted by Gasteiger charge is -2.28. The first-order valence-electron chi connectivity index (χ1n) is 8.88. The van der Waals surface area contributed by atoms with Crippen molar-refractivity contribution in [3.8, 4) is 5.75 Å². The van der Waals surface area contributed by atoms with E-state index >= 15 is 0 Å². The van der Waals surface area contributed by atoms with Crippen molar-refractivity contribution in [2.75, 3.05) is 5.75 Å². The van der Waals surface area contributed by atoms with Gasteiger partial charge in [-0.1, -0.05) is 41.5 Å². The van der Waals surface area contributed by atoms with Crippen molar-refractivity contribution in [1.29, 1.82) is 0 Å². The molecule has 1 N–H and O–H groups in total. The van der Waals surface area contributed by atoms with Crippen LogP contribution in [-0.4, -0.2) is 26.5 Å². The Hall–Kier alpha value is -1.75. The SMILES string of the molecule is Cc1cc(C)n(C(=O)CSc2cc(C(C)(C)C)c(O)c(C(C)(C)C)c2)n1. The van der Waals surface area contributed by atoms with Crippen molar-refractivity contribution in [3.63, 3.8) is 0 Å². The highest BCUT2D eigenvalue weighted by Crippen LogP contribution is 2.41. The maximum Gasteiger partial charge on any atom is 0.257 e. The molecule has 1 aromatic heterocycles. The number of aryl methyl sites for hydroxylation is 2. The molecule has 0 aliphatic carbocycles. The van der Waals surface area contributed by atoms with Gasteiger partial charge in [0.15, 0.2) is 0 Å². The van der Waals surface area contributed by atoms with E-state index in [0.29, 0.717) is 11.5 Å². The smallest absolute Gasteiger partial charge is 0.257 e. The van der Waals surface area contributed by atoms with E-state index < -0.39 is 0 Å². The number of rotatable bonds is 3. The van der Waals surface area contributed by atoms with Gasteiger partial charge in [0.25, 0.3) is 5.91 Å².